The normalized spacial score (nSPS) is 21.8. The van der Waals surface area contributed by atoms with Gasteiger partial charge in [-0.1, -0.05) is 18.7 Å². The molecule has 3 aliphatic heterocycles. The number of carbonyl (C=O) groups is 3. The van der Waals surface area contributed by atoms with E-state index >= 15 is 0 Å². The Morgan fingerprint density at radius 1 is 1.14 bits per heavy atom. The van der Waals surface area contributed by atoms with Crippen molar-refractivity contribution >= 4 is 17.7 Å². The lowest BCUT2D eigenvalue weighted by atomic mass is 9.83. The van der Waals surface area contributed by atoms with E-state index in [2.05, 4.69) is 21.8 Å². The fraction of sp³-hybridized carbons (Fsp3) is 0.429. The average Bonchev–Trinajstić information content (AvgIpc) is 3.11. The van der Waals surface area contributed by atoms with Gasteiger partial charge in [0.2, 0.25) is 11.8 Å². The summed E-state index contributed by atoms with van der Waals surface area (Å²) >= 11 is 0. The summed E-state index contributed by atoms with van der Waals surface area (Å²) in [6.07, 6.45) is 3.74. The smallest absolute Gasteiger partial charge is 0.262 e. The van der Waals surface area contributed by atoms with Crippen LogP contribution in [0.3, 0.4) is 0 Å². The third-order valence-corrected chi connectivity index (χ3v) is 7.33. The van der Waals surface area contributed by atoms with Crippen LogP contribution in [-0.4, -0.2) is 62.8 Å². The molecule has 2 fully saturated rings. The number of likely N-dealkylation sites (tertiary alicyclic amines) is 1. The second kappa shape index (κ2) is 9.72. The van der Waals surface area contributed by atoms with E-state index in [1.54, 1.807) is 18.2 Å². The first-order valence-corrected chi connectivity index (χ1v) is 12.7. The number of hydrogen-bond acceptors (Lipinski definition) is 7. The molecule has 0 spiro atoms. The molecule has 3 aliphatic rings. The number of benzene rings is 1. The third-order valence-electron chi connectivity index (χ3n) is 7.33. The molecule has 1 aromatic heterocycles. The molecule has 9 nitrogen and oxygen atoms in total. The quantitative estimate of drug-likeness (QED) is 0.582. The molecule has 2 aromatic rings. The molecule has 0 radical (unpaired) electrons. The Bertz CT molecular complexity index is 1250. The minimum absolute atomic E-state index is 0.0704. The lowest BCUT2D eigenvalue weighted by Crippen LogP contribution is -2.51. The summed E-state index contributed by atoms with van der Waals surface area (Å²) in [7, 11) is 0. The maximum atomic E-state index is 13.2. The highest BCUT2D eigenvalue weighted by molar-refractivity contribution is 6.23. The zero-order valence-electron chi connectivity index (χ0n) is 21.2. The number of pyridine rings is 1. The number of aliphatic hydroxyl groups is 1. The minimum atomic E-state index is -1.10. The molecule has 2 N–H and O–H groups in total. The molecular weight excluding hydrogens is 472 g/mol. The maximum absolute atomic E-state index is 13.2. The summed E-state index contributed by atoms with van der Waals surface area (Å²) in [5.74, 6) is -0.758. The molecule has 1 atom stereocenters. The summed E-state index contributed by atoms with van der Waals surface area (Å²) in [5.41, 5.74) is 1.68. The topological polar surface area (TPSA) is 112 Å². The first-order valence-electron chi connectivity index (χ1n) is 12.7. The van der Waals surface area contributed by atoms with E-state index in [0.717, 1.165) is 10.5 Å². The molecule has 1 aromatic carbocycles. The van der Waals surface area contributed by atoms with Crippen molar-refractivity contribution in [3.8, 4) is 5.88 Å². The van der Waals surface area contributed by atoms with Gasteiger partial charge in [-0.2, -0.15) is 0 Å². The summed E-state index contributed by atoms with van der Waals surface area (Å²) in [5, 5.41) is 14.1. The van der Waals surface area contributed by atoms with Crippen LogP contribution in [0.1, 0.15) is 71.4 Å². The Morgan fingerprint density at radius 3 is 2.51 bits per heavy atom. The van der Waals surface area contributed by atoms with Crippen LogP contribution < -0.4 is 10.1 Å². The highest BCUT2D eigenvalue weighted by Gasteiger charge is 2.45. The number of piperidine rings is 2. The molecule has 2 saturated heterocycles. The summed E-state index contributed by atoms with van der Waals surface area (Å²) < 4.78 is 5.60. The van der Waals surface area contributed by atoms with Gasteiger partial charge in [0, 0.05) is 37.6 Å². The highest BCUT2D eigenvalue weighted by atomic mass is 16.5. The Balaban J connectivity index is 1.25. The van der Waals surface area contributed by atoms with Crippen LogP contribution in [0.5, 0.6) is 5.88 Å². The molecule has 4 heterocycles. The number of allylic oxidation sites excluding steroid dienone is 1. The zero-order chi connectivity index (χ0) is 26.3. The molecule has 1 unspecified atom stereocenters. The molecular formula is C28H32N4O5. The van der Waals surface area contributed by atoms with Crippen molar-refractivity contribution in [2.75, 3.05) is 13.1 Å². The number of imide groups is 1. The van der Waals surface area contributed by atoms with Gasteiger partial charge in [0.15, 0.2) is 0 Å². The van der Waals surface area contributed by atoms with Gasteiger partial charge in [-0.25, -0.2) is 4.98 Å². The largest absolute Gasteiger partial charge is 0.475 e. The van der Waals surface area contributed by atoms with Crippen LogP contribution in [0.15, 0.2) is 48.8 Å². The van der Waals surface area contributed by atoms with Crippen LogP contribution in [0.4, 0.5) is 0 Å². The van der Waals surface area contributed by atoms with Crippen molar-refractivity contribution in [3.05, 3.63) is 71.1 Å². The first-order chi connectivity index (χ1) is 17.6. The number of rotatable bonds is 6. The molecule has 0 aliphatic carbocycles. The first kappa shape index (κ1) is 25.1. The van der Waals surface area contributed by atoms with Crippen LogP contribution in [0.25, 0.3) is 0 Å². The number of nitrogens with zero attached hydrogens (tertiary/aromatic N) is 3. The maximum Gasteiger partial charge on any atom is 0.262 e. The van der Waals surface area contributed by atoms with Crippen LogP contribution >= 0.6 is 0 Å². The lowest BCUT2D eigenvalue weighted by Gasteiger charge is -2.38. The van der Waals surface area contributed by atoms with Gasteiger partial charge in [0.25, 0.3) is 11.8 Å². The number of amides is 3. The Morgan fingerprint density at radius 2 is 1.86 bits per heavy atom. The van der Waals surface area contributed by atoms with Crippen LogP contribution in [0.2, 0.25) is 0 Å². The Hall–Kier alpha value is -3.56. The zero-order valence-corrected chi connectivity index (χ0v) is 21.2. The summed E-state index contributed by atoms with van der Waals surface area (Å²) in [6, 6.07) is 7.97. The van der Waals surface area contributed by atoms with Crippen molar-refractivity contribution in [2.24, 2.45) is 0 Å². The van der Waals surface area contributed by atoms with E-state index in [0.29, 0.717) is 62.5 Å². The van der Waals surface area contributed by atoms with Gasteiger partial charge in [0.05, 0.1) is 22.8 Å². The molecule has 37 heavy (non-hydrogen) atoms. The predicted octanol–water partition coefficient (Wildman–Crippen LogP) is 2.74. The van der Waals surface area contributed by atoms with Crippen LogP contribution in [0, 0.1) is 0 Å². The monoisotopic (exact) mass is 504 g/mol. The predicted molar refractivity (Wildman–Crippen MR) is 136 cm³/mol. The second-order valence-electron chi connectivity index (χ2n) is 10.4. The van der Waals surface area contributed by atoms with Crippen LogP contribution in [-0.2, 0) is 16.9 Å². The number of nitrogens with one attached hydrogen (secondary N) is 1. The van der Waals surface area contributed by atoms with Gasteiger partial charge in [-0.3, -0.25) is 24.2 Å². The van der Waals surface area contributed by atoms with Gasteiger partial charge < -0.3 is 15.2 Å². The van der Waals surface area contributed by atoms with E-state index in [1.807, 2.05) is 32.2 Å². The van der Waals surface area contributed by atoms with E-state index < -0.39 is 29.4 Å². The Kier molecular flexibility index (Phi) is 6.59. The molecule has 5 rings (SSSR count). The number of fused-ring (bicyclic) bond motifs is 1. The fourth-order valence-electron chi connectivity index (χ4n) is 5.28. The molecule has 3 amide bonds. The highest BCUT2D eigenvalue weighted by Crippen LogP contribution is 2.37. The summed E-state index contributed by atoms with van der Waals surface area (Å²) in [6.45, 7) is 9.73. The molecule has 9 heteroatoms. The number of ether oxygens (including phenoxy) is 1. The van der Waals surface area contributed by atoms with E-state index in [4.69, 9.17) is 4.74 Å². The van der Waals surface area contributed by atoms with Crippen molar-refractivity contribution in [1.82, 2.24) is 20.1 Å². The minimum Gasteiger partial charge on any atom is -0.475 e. The van der Waals surface area contributed by atoms with E-state index in [1.165, 1.54) is 0 Å². The third kappa shape index (κ3) is 4.89. The average molecular weight is 505 g/mol. The molecule has 0 saturated carbocycles. The fourth-order valence-corrected chi connectivity index (χ4v) is 5.28. The van der Waals surface area contributed by atoms with Gasteiger partial charge in [-0.05, 0) is 62.8 Å². The molecule has 194 valence electrons. The standard InChI is InChI=1S/C28H32N4O5/c1-17(2)37-24-9-5-19(15-29-24)16-31-12-10-28(36,11-13-31)20-6-7-21-22(14-20)27(35)32(26(21)34)23-8-4-18(3)30-25(23)33/h5-7,9,14-15,17,23,36H,3-4,8,10-13,16H2,1-2H3,(H,30,33). The lowest BCUT2D eigenvalue weighted by molar-refractivity contribution is -0.125. The number of hydrogen-bond donors (Lipinski definition) is 2. The number of aromatic nitrogens is 1. The van der Waals surface area contributed by atoms with Crippen molar-refractivity contribution < 1.29 is 24.2 Å². The SMILES string of the molecule is C=C1CCC(N2C(=O)c3ccc(C4(O)CCN(Cc5ccc(OC(C)C)nc5)CC4)cc3C2=O)C(=O)N1. The molecule has 0 bridgehead atoms. The Labute approximate surface area is 216 Å². The summed E-state index contributed by atoms with van der Waals surface area (Å²) in [4.78, 5) is 46.3. The van der Waals surface area contributed by atoms with E-state index in [-0.39, 0.29) is 17.2 Å². The van der Waals surface area contributed by atoms with Gasteiger partial charge in [-0.15, -0.1) is 0 Å². The second-order valence-corrected chi connectivity index (χ2v) is 10.4. The van der Waals surface area contributed by atoms with Gasteiger partial charge >= 0.3 is 0 Å². The van der Waals surface area contributed by atoms with Crippen molar-refractivity contribution in [2.45, 2.75) is 63.8 Å². The van der Waals surface area contributed by atoms with Crippen molar-refractivity contribution in [1.29, 1.82) is 0 Å². The van der Waals surface area contributed by atoms with E-state index in [9.17, 15) is 19.5 Å². The number of carbonyl (C=O) groups excluding carboxylic acids is 3. The van der Waals surface area contributed by atoms with Crippen molar-refractivity contribution in [3.63, 3.8) is 0 Å². The van der Waals surface area contributed by atoms with Gasteiger partial charge in [0.1, 0.15) is 6.04 Å².